The van der Waals surface area contributed by atoms with Gasteiger partial charge in [0.15, 0.2) is 9.84 Å². The van der Waals surface area contributed by atoms with E-state index in [9.17, 15) is 18.0 Å². The Balaban J connectivity index is 1.32. The van der Waals surface area contributed by atoms with Crippen LogP contribution in [0.15, 0.2) is 29.2 Å². The van der Waals surface area contributed by atoms with Crippen LogP contribution < -0.4 is 10.6 Å². The van der Waals surface area contributed by atoms with Crippen LogP contribution in [0.3, 0.4) is 0 Å². The number of sulfone groups is 1. The summed E-state index contributed by atoms with van der Waals surface area (Å²) in [4.78, 5) is 25.3. The van der Waals surface area contributed by atoms with Crippen LogP contribution in [0.5, 0.6) is 0 Å². The predicted molar refractivity (Wildman–Crippen MR) is 115 cm³/mol. The van der Waals surface area contributed by atoms with Crippen LogP contribution in [0.1, 0.15) is 57.9 Å². The number of nitrogens with one attached hydrogen (secondary N) is 2. The Bertz CT molecular complexity index is 910. The minimum atomic E-state index is -3.30. The Morgan fingerprint density at radius 3 is 2.53 bits per heavy atom. The minimum absolute atomic E-state index is 0.0567. The van der Waals surface area contributed by atoms with Crippen molar-refractivity contribution in [3.05, 3.63) is 29.8 Å². The number of piperidine rings is 1. The smallest absolute Gasteiger partial charge is 0.224 e. The molecule has 1 saturated heterocycles. The third kappa shape index (κ3) is 4.13. The maximum atomic E-state index is 12.6. The normalized spacial score (nSPS) is 31.0. The first-order valence-corrected chi connectivity index (χ1v) is 12.7. The van der Waals surface area contributed by atoms with Gasteiger partial charge in [-0.15, -0.1) is 0 Å². The molecular weight excluding hydrogens is 400 g/mol. The van der Waals surface area contributed by atoms with E-state index in [-0.39, 0.29) is 36.2 Å². The highest BCUT2D eigenvalue weighted by Gasteiger charge is 2.48. The van der Waals surface area contributed by atoms with Crippen molar-refractivity contribution in [1.29, 1.82) is 0 Å². The Kier molecular flexibility index (Phi) is 5.93. The van der Waals surface area contributed by atoms with Gasteiger partial charge in [0.1, 0.15) is 0 Å². The average molecular weight is 433 g/mol. The number of amides is 2. The first-order chi connectivity index (χ1) is 14.3. The first-order valence-electron chi connectivity index (χ1n) is 11.2. The first kappa shape index (κ1) is 21.3. The number of hydrogen-bond acceptors (Lipinski definition) is 4. The molecule has 2 N–H and O–H groups in total. The van der Waals surface area contributed by atoms with Gasteiger partial charge in [-0.2, -0.15) is 0 Å². The number of carbonyl (C=O) groups excluding carboxylic acids is 2. The van der Waals surface area contributed by atoms with Crippen molar-refractivity contribution in [1.82, 2.24) is 10.6 Å². The standard InChI is InChI=1S/C23H32N2O4S/c1-14(2)30(28,29)17-9-6-15(7-10-17)12-22(26)24-16-8-11-19-18-4-3-5-20(18)23(27)25-21(19)13-16/h6-7,9-10,14,16,18-21H,3-5,8,11-13H2,1-2H3,(H,24,26)(H,25,27). The lowest BCUT2D eigenvalue weighted by molar-refractivity contribution is -0.132. The van der Waals surface area contributed by atoms with Gasteiger partial charge in [0.25, 0.3) is 0 Å². The van der Waals surface area contributed by atoms with Gasteiger partial charge in [-0.05, 0) is 75.5 Å². The van der Waals surface area contributed by atoms with E-state index in [1.807, 2.05) is 0 Å². The molecule has 4 rings (SSSR count). The van der Waals surface area contributed by atoms with Gasteiger partial charge in [0.05, 0.1) is 16.6 Å². The molecule has 30 heavy (non-hydrogen) atoms. The molecule has 0 spiro atoms. The summed E-state index contributed by atoms with van der Waals surface area (Å²) >= 11 is 0. The largest absolute Gasteiger partial charge is 0.353 e. The van der Waals surface area contributed by atoms with E-state index in [2.05, 4.69) is 10.6 Å². The van der Waals surface area contributed by atoms with E-state index in [0.29, 0.717) is 16.7 Å². The lowest BCUT2D eigenvalue weighted by Gasteiger charge is -2.45. The molecule has 3 fully saturated rings. The maximum absolute atomic E-state index is 12.6. The molecule has 3 aliphatic rings. The quantitative estimate of drug-likeness (QED) is 0.748. The summed E-state index contributed by atoms with van der Waals surface area (Å²) in [5.41, 5.74) is 0.795. The summed E-state index contributed by atoms with van der Waals surface area (Å²) < 4.78 is 24.5. The molecule has 1 aromatic rings. The Labute approximate surface area is 179 Å². The molecule has 1 aromatic carbocycles. The van der Waals surface area contributed by atoms with Crippen molar-refractivity contribution in [2.45, 2.75) is 81.0 Å². The zero-order valence-electron chi connectivity index (χ0n) is 17.8. The summed E-state index contributed by atoms with van der Waals surface area (Å²) in [6.07, 6.45) is 6.39. The highest BCUT2D eigenvalue weighted by atomic mass is 32.2. The van der Waals surface area contributed by atoms with E-state index in [0.717, 1.165) is 37.7 Å². The second-order valence-electron chi connectivity index (χ2n) is 9.47. The van der Waals surface area contributed by atoms with Crippen LogP contribution in [0.4, 0.5) is 0 Å². The summed E-state index contributed by atoms with van der Waals surface area (Å²) in [5, 5.41) is 5.88. The average Bonchev–Trinajstić information content (AvgIpc) is 3.19. The van der Waals surface area contributed by atoms with Gasteiger partial charge in [-0.25, -0.2) is 8.42 Å². The molecule has 7 heteroatoms. The fourth-order valence-corrected chi connectivity index (χ4v) is 6.71. The van der Waals surface area contributed by atoms with Crippen LogP contribution >= 0.6 is 0 Å². The fourth-order valence-electron chi connectivity index (χ4n) is 5.65. The molecule has 164 valence electrons. The van der Waals surface area contributed by atoms with Gasteiger partial charge in [0, 0.05) is 18.0 Å². The summed E-state index contributed by atoms with van der Waals surface area (Å²) in [6.45, 7) is 3.32. The number of benzene rings is 1. The van der Waals surface area contributed by atoms with Crippen molar-refractivity contribution in [2.75, 3.05) is 0 Å². The van der Waals surface area contributed by atoms with Crippen molar-refractivity contribution in [3.63, 3.8) is 0 Å². The van der Waals surface area contributed by atoms with Gasteiger partial charge in [0.2, 0.25) is 11.8 Å². The van der Waals surface area contributed by atoms with E-state index in [4.69, 9.17) is 0 Å². The summed E-state index contributed by atoms with van der Waals surface area (Å²) in [6, 6.07) is 6.85. The molecule has 6 nitrogen and oxygen atoms in total. The van der Waals surface area contributed by atoms with Crippen LogP contribution in [0.2, 0.25) is 0 Å². The number of fused-ring (bicyclic) bond motifs is 3. The SMILES string of the molecule is CC(C)S(=O)(=O)c1ccc(CC(=O)NC2CCC3C(C2)NC(=O)C2CCCC23)cc1. The van der Waals surface area contributed by atoms with Crippen molar-refractivity contribution < 1.29 is 18.0 Å². The van der Waals surface area contributed by atoms with E-state index >= 15 is 0 Å². The molecule has 0 aromatic heterocycles. The van der Waals surface area contributed by atoms with Crippen LogP contribution in [-0.4, -0.2) is 37.6 Å². The molecule has 1 aliphatic heterocycles. The highest BCUT2D eigenvalue weighted by molar-refractivity contribution is 7.92. The Morgan fingerprint density at radius 1 is 1.10 bits per heavy atom. The number of carbonyl (C=O) groups is 2. The number of hydrogen-bond donors (Lipinski definition) is 2. The van der Waals surface area contributed by atoms with Crippen molar-refractivity contribution in [3.8, 4) is 0 Å². The zero-order chi connectivity index (χ0) is 21.5. The Morgan fingerprint density at radius 2 is 1.83 bits per heavy atom. The predicted octanol–water partition coefficient (Wildman–Crippen LogP) is 2.61. The number of rotatable bonds is 5. The summed E-state index contributed by atoms with van der Waals surface area (Å²) in [5.74, 6) is 1.45. The van der Waals surface area contributed by atoms with Gasteiger partial charge < -0.3 is 10.6 Å². The third-order valence-electron chi connectivity index (χ3n) is 7.29. The molecule has 0 bridgehead atoms. The lowest BCUT2D eigenvalue weighted by atomic mass is 9.68. The zero-order valence-corrected chi connectivity index (χ0v) is 18.6. The van der Waals surface area contributed by atoms with Crippen LogP contribution in [0, 0.1) is 17.8 Å². The molecule has 1 heterocycles. The molecular formula is C23H32N2O4S. The monoisotopic (exact) mass is 432 g/mol. The highest BCUT2D eigenvalue weighted by Crippen LogP contribution is 2.46. The second-order valence-corrected chi connectivity index (χ2v) is 12.0. The molecule has 5 atom stereocenters. The van der Waals surface area contributed by atoms with Gasteiger partial charge >= 0.3 is 0 Å². The van der Waals surface area contributed by atoms with Crippen LogP contribution in [0.25, 0.3) is 0 Å². The fraction of sp³-hybridized carbons (Fsp3) is 0.652. The Hall–Kier alpha value is -1.89. The topological polar surface area (TPSA) is 92.3 Å². The molecule has 2 amide bonds. The van der Waals surface area contributed by atoms with Crippen molar-refractivity contribution in [2.24, 2.45) is 17.8 Å². The maximum Gasteiger partial charge on any atom is 0.224 e. The summed E-state index contributed by atoms with van der Waals surface area (Å²) in [7, 11) is -3.30. The lowest BCUT2D eigenvalue weighted by Crippen LogP contribution is -2.57. The van der Waals surface area contributed by atoms with E-state index in [1.165, 1.54) is 6.42 Å². The minimum Gasteiger partial charge on any atom is -0.353 e. The van der Waals surface area contributed by atoms with Crippen LogP contribution in [-0.2, 0) is 25.8 Å². The van der Waals surface area contributed by atoms with E-state index < -0.39 is 15.1 Å². The van der Waals surface area contributed by atoms with Gasteiger partial charge in [-0.3, -0.25) is 9.59 Å². The molecule has 2 saturated carbocycles. The molecule has 5 unspecified atom stereocenters. The second kappa shape index (κ2) is 8.33. The van der Waals surface area contributed by atoms with Crippen molar-refractivity contribution >= 4 is 21.7 Å². The van der Waals surface area contributed by atoms with Gasteiger partial charge in [-0.1, -0.05) is 18.6 Å². The third-order valence-corrected chi connectivity index (χ3v) is 9.46. The van der Waals surface area contributed by atoms with E-state index in [1.54, 1.807) is 38.1 Å². The molecule has 0 radical (unpaired) electrons. The molecule has 2 aliphatic carbocycles.